The third-order valence-electron chi connectivity index (χ3n) is 2.64. The van der Waals surface area contributed by atoms with E-state index in [-0.39, 0.29) is 24.4 Å². The number of amides is 3. The standard InChI is InChI=1S/C14H18FN3O4/c15-11-4-1-3-10(9-11)13(21)16-6-2-7-17-14(22)18-8-5-12(19)20/h1,3-4,9H,2,5-8H2,(H,16,21)(H,19,20)(H2,17,18,22). The van der Waals surface area contributed by atoms with Crippen LogP contribution in [0, 0.1) is 5.82 Å². The van der Waals surface area contributed by atoms with Crippen molar-refractivity contribution in [3.8, 4) is 0 Å². The zero-order chi connectivity index (χ0) is 16.4. The zero-order valence-electron chi connectivity index (χ0n) is 11.9. The van der Waals surface area contributed by atoms with Gasteiger partial charge in [-0.2, -0.15) is 0 Å². The van der Waals surface area contributed by atoms with Gasteiger partial charge in [0.15, 0.2) is 0 Å². The van der Waals surface area contributed by atoms with E-state index in [1.165, 1.54) is 18.2 Å². The fourth-order valence-electron chi connectivity index (χ4n) is 1.57. The summed E-state index contributed by atoms with van der Waals surface area (Å²) in [6, 6.07) is 4.89. The molecule has 0 unspecified atom stereocenters. The van der Waals surface area contributed by atoms with Crippen LogP contribution in [0.3, 0.4) is 0 Å². The van der Waals surface area contributed by atoms with Gasteiger partial charge in [0.25, 0.3) is 5.91 Å². The van der Waals surface area contributed by atoms with E-state index in [0.717, 1.165) is 6.07 Å². The average molecular weight is 311 g/mol. The van der Waals surface area contributed by atoms with E-state index < -0.39 is 17.8 Å². The molecule has 0 aliphatic heterocycles. The average Bonchev–Trinajstić information content (AvgIpc) is 2.46. The normalized spacial score (nSPS) is 9.86. The first-order chi connectivity index (χ1) is 10.5. The molecule has 0 saturated carbocycles. The number of urea groups is 1. The lowest BCUT2D eigenvalue weighted by Gasteiger charge is -2.08. The highest BCUT2D eigenvalue weighted by Crippen LogP contribution is 2.02. The van der Waals surface area contributed by atoms with Crippen molar-refractivity contribution < 1.29 is 23.9 Å². The molecular weight excluding hydrogens is 293 g/mol. The van der Waals surface area contributed by atoms with E-state index in [0.29, 0.717) is 19.5 Å². The molecule has 120 valence electrons. The van der Waals surface area contributed by atoms with Crippen molar-refractivity contribution >= 4 is 17.9 Å². The van der Waals surface area contributed by atoms with E-state index >= 15 is 0 Å². The highest BCUT2D eigenvalue weighted by Gasteiger charge is 2.05. The minimum absolute atomic E-state index is 0.0530. The molecule has 22 heavy (non-hydrogen) atoms. The molecule has 0 heterocycles. The van der Waals surface area contributed by atoms with Crippen LogP contribution in [-0.2, 0) is 4.79 Å². The molecule has 1 aromatic carbocycles. The van der Waals surface area contributed by atoms with Gasteiger partial charge in [0, 0.05) is 25.2 Å². The van der Waals surface area contributed by atoms with Crippen LogP contribution in [0.1, 0.15) is 23.2 Å². The maximum absolute atomic E-state index is 12.9. The summed E-state index contributed by atoms with van der Waals surface area (Å²) >= 11 is 0. The maximum Gasteiger partial charge on any atom is 0.314 e. The lowest BCUT2D eigenvalue weighted by atomic mass is 10.2. The summed E-state index contributed by atoms with van der Waals surface area (Å²) in [5, 5.41) is 15.9. The summed E-state index contributed by atoms with van der Waals surface area (Å²) in [6.45, 7) is 0.699. The Balaban J connectivity index is 2.11. The quantitative estimate of drug-likeness (QED) is 0.531. The van der Waals surface area contributed by atoms with E-state index in [1.807, 2.05) is 0 Å². The van der Waals surface area contributed by atoms with E-state index in [4.69, 9.17) is 5.11 Å². The third kappa shape index (κ3) is 7.22. The number of rotatable bonds is 8. The number of nitrogens with one attached hydrogen (secondary N) is 3. The molecule has 0 aliphatic rings. The van der Waals surface area contributed by atoms with Gasteiger partial charge in [-0.15, -0.1) is 0 Å². The molecule has 4 N–H and O–H groups in total. The van der Waals surface area contributed by atoms with Gasteiger partial charge in [0.1, 0.15) is 5.82 Å². The van der Waals surface area contributed by atoms with Gasteiger partial charge < -0.3 is 21.1 Å². The Morgan fingerprint density at radius 1 is 1.05 bits per heavy atom. The molecule has 0 radical (unpaired) electrons. The van der Waals surface area contributed by atoms with Crippen LogP contribution in [0.2, 0.25) is 0 Å². The van der Waals surface area contributed by atoms with Crippen LogP contribution in [0.5, 0.6) is 0 Å². The van der Waals surface area contributed by atoms with Crippen molar-refractivity contribution in [1.82, 2.24) is 16.0 Å². The fourth-order valence-corrected chi connectivity index (χ4v) is 1.57. The number of benzene rings is 1. The molecule has 7 nitrogen and oxygen atoms in total. The Hall–Kier alpha value is -2.64. The predicted molar refractivity (Wildman–Crippen MR) is 77.0 cm³/mol. The molecule has 0 aromatic heterocycles. The summed E-state index contributed by atoms with van der Waals surface area (Å²) in [6.07, 6.45) is 0.352. The number of halogens is 1. The van der Waals surface area contributed by atoms with Crippen LogP contribution in [0.25, 0.3) is 0 Å². The molecule has 0 bridgehead atoms. The third-order valence-corrected chi connectivity index (χ3v) is 2.64. The van der Waals surface area contributed by atoms with Crippen molar-refractivity contribution in [2.45, 2.75) is 12.8 Å². The number of hydrogen-bond donors (Lipinski definition) is 4. The van der Waals surface area contributed by atoms with Crippen molar-refractivity contribution in [1.29, 1.82) is 0 Å². The number of carbonyl (C=O) groups excluding carboxylic acids is 2. The van der Waals surface area contributed by atoms with Gasteiger partial charge in [0.2, 0.25) is 0 Å². The Morgan fingerprint density at radius 2 is 1.73 bits per heavy atom. The molecule has 1 aromatic rings. The molecule has 1 rings (SSSR count). The van der Waals surface area contributed by atoms with E-state index in [2.05, 4.69) is 16.0 Å². The van der Waals surface area contributed by atoms with Crippen LogP contribution < -0.4 is 16.0 Å². The first kappa shape index (κ1) is 17.4. The first-order valence-corrected chi connectivity index (χ1v) is 6.76. The van der Waals surface area contributed by atoms with Crippen LogP contribution >= 0.6 is 0 Å². The van der Waals surface area contributed by atoms with Crippen molar-refractivity contribution in [3.05, 3.63) is 35.6 Å². The van der Waals surface area contributed by atoms with Crippen molar-refractivity contribution in [2.24, 2.45) is 0 Å². The molecule has 0 saturated heterocycles. The monoisotopic (exact) mass is 311 g/mol. The Morgan fingerprint density at radius 3 is 2.41 bits per heavy atom. The minimum atomic E-state index is -0.986. The predicted octanol–water partition coefficient (Wildman–Crippen LogP) is 0.719. The SMILES string of the molecule is O=C(O)CCNC(=O)NCCCNC(=O)c1cccc(F)c1. The zero-order valence-corrected chi connectivity index (χ0v) is 11.9. The van der Waals surface area contributed by atoms with Crippen LogP contribution in [-0.4, -0.2) is 42.6 Å². The Labute approximate surface area is 126 Å². The number of hydrogen-bond acceptors (Lipinski definition) is 3. The van der Waals surface area contributed by atoms with Crippen LogP contribution in [0.15, 0.2) is 24.3 Å². The van der Waals surface area contributed by atoms with Gasteiger partial charge in [-0.1, -0.05) is 6.07 Å². The molecule has 0 spiro atoms. The highest BCUT2D eigenvalue weighted by atomic mass is 19.1. The molecule has 3 amide bonds. The second-order valence-electron chi connectivity index (χ2n) is 4.45. The van der Waals surface area contributed by atoms with Crippen LogP contribution in [0.4, 0.5) is 9.18 Å². The summed E-state index contributed by atoms with van der Waals surface area (Å²) in [5.74, 6) is -1.85. The van der Waals surface area contributed by atoms with Gasteiger partial charge in [-0.05, 0) is 24.6 Å². The van der Waals surface area contributed by atoms with Crippen molar-refractivity contribution in [2.75, 3.05) is 19.6 Å². The highest BCUT2D eigenvalue weighted by molar-refractivity contribution is 5.94. The van der Waals surface area contributed by atoms with Gasteiger partial charge in [0.05, 0.1) is 6.42 Å². The van der Waals surface area contributed by atoms with Gasteiger partial charge >= 0.3 is 12.0 Å². The van der Waals surface area contributed by atoms with E-state index in [1.54, 1.807) is 0 Å². The first-order valence-electron chi connectivity index (χ1n) is 6.76. The minimum Gasteiger partial charge on any atom is -0.481 e. The fraction of sp³-hybridized carbons (Fsp3) is 0.357. The van der Waals surface area contributed by atoms with Gasteiger partial charge in [-0.25, -0.2) is 9.18 Å². The summed E-state index contributed by atoms with van der Waals surface area (Å²) in [7, 11) is 0. The topological polar surface area (TPSA) is 108 Å². The number of carboxylic acids is 1. The van der Waals surface area contributed by atoms with Gasteiger partial charge in [-0.3, -0.25) is 9.59 Å². The molecular formula is C14H18FN3O4. The van der Waals surface area contributed by atoms with E-state index in [9.17, 15) is 18.8 Å². The maximum atomic E-state index is 12.9. The molecule has 0 aliphatic carbocycles. The number of carboxylic acid groups (broad SMARTS) is 1. The molecule has 0 fully saturated rings. The summed E-state index contributed by atoms with van der Waals surface area (Å²) < 4.78 is 12.9. The number of carbonyl (C=O) groups is 3. The second kappa shape index (κ2) is 9.32. The molecule has 8 heteroatoms. The summed E-state index contributed by atoms with van der Waals surface area (Å²) in [4.78, 5) is 33.1. The Kier molecular flexibility index (Phi) is 7.38. The summed E-state index contributed by atoms with van der Waals surface area (Å²) in [5.41, 5.74) is 0.236. The lowest BCUT2D eigenvalue weighted by molar-refractivity contribution is -0.136. The lowest BCUT2D eigenvalue weighted by Crippen LogP contribution is -2.38. The largest absolute Gasteiger partial charge is 0.481 e. The Bertz CT molecular complexity index is 537. The second-order valence-corrected chi connectivity index (χ2v) is 4.45. The van der Waals surface area contributed by atoms with Crippen molar-refractivity contribution in [3.63, 3.8) is 0 Å². The smallest absolute Gasteiger partial charge is 0.314 e. The number of aliphatic carboxylic acids is 1. The molecule has 0 atom stereocenters.